The Hall–Kier alpha value is -3.27. The number of benzene rings is 1. The van der Waals surface area contributed by atoms with Gasteiger partial charge in [-0.3, -0.25) is 9.20 Å². The number of hydrogen-bond donors (Lipinski definition) is 0. The number of nitrogens with zero attached hydrogens (tertiary/aromatic N) is 3. The van der Waals surface area contributed by atoms with Gasteiger partial charge in [-0.2, -0.15) is 5.26 Å². The fraction of sp³-hybridized carbons (Fsp3) is 0.0625. The summed E-state index contributed by atoms with van der Waals surface area (Å²) in [7, 11) is 0. The number of halogens is 2. The van der Waals surface area contributed by atoms with Crippen LogP contribution >= 0.6 is 0 Å². The molecule has 0 saturated heterocycles. The first-order chi connectivity index (χ1) is 11.0. The van der Waals surface area contributed by atoms with Crippen LogP contribution < -0.4 is 10.3 Å². The van der Waals surface area contributed by atoms with Gasteiger partial charge in [0, 0.05) is 11.8 Å². The van der Waals surface area contributed by atoms with Crippen LogP contribution in [0.4, 0.5) is 8.78 Å². The zero-order valence-electron chi connectivity index (χ0n) is 11.9. The monoisotopic (exact) mass is 313 g/mol. The van der Waals surface area contributed by atoms with Gasteiger partial charge in [-0.15, -0.1) is 0 Å². The van der Waals surface area contributed by atoms with Gasteiger partial charge in [0.2, 0.25) is 0 Å². The summed E-state index contributed by atoms with van der Waals surface area (Å²) in [5.74, 6) is -2.22. The van der Waals surface area contributed by atoms with Gasteiger partial charge in [-0.1, -0.05) is 0 Å². The summed E-state index contributed by atoms with van der Waals surface area (Å²) in [4.78, 5) is 16.1. The molecule has 114 valence electrons. The van der Waals surface area contributed by atoms with Crippen molar-refractivity contribution in [3.8, 4) is 17.6 Å². The fourth-order valence-electron chi connectivity index (χ4n) is 2.06. The molecule has 0 unspecified atom stereocenters. The number of fused-ring (bicyclic) bond motifs is 1. The lowest BCUT2D eigenvalue weighted by atomic mass is 10.2. The molecule has 2 aromatic heterocycles. The molecular formula is C16H9F2N3O2. The van der Waals surface area contributed by atoms with E-state index in [-0.39, 0.29) is 11.3 Å². The van der Waals surface area contributed by atoms with Gasteiger partial charge >= 0.3 is 0 Å². The first-order valence-corrected chi connectivity index (χ1v) is 6.55. The largest absolute Gasteiger partial charge is 0.451 e. The molecule has 3 rings (SSSR count). The summed E-state index contributed by atoms with van der Waals surface area (Å²) in [5, 5.41) is 8.95. The van der Waals surface area contributed by atoms with Crippen molar-refractivity contribution >= 4 is 5.65 Å². The molecule has 23 heavy (non-hydrogen) atoms. The van der Waals surface area contributed by atoms with Crippen molar-refractivity contribution in [3.63, 3.8) is 0 Å². The van der Waals surface area contributed by atoms with Gasteiger partial charge in [0.05, 0.1) is 6.20 Å². The Morgan fingerprint density at radius 1 is 1.22 bits per heavy atom. The van der Waals surface area contributed by atoms with Crippen LogP contribution in [0.15, 0.2) is 41.5 Å². The average molecular weight is 313 g/mol. The molecule has 0 amide bonds. The Kier molecular flexibility index (Phi) is 3.50. The molecule has 0 bridgehead atoms. The number of pyridine rings is 1. The molecule has 0 fully saturated rings. The predicted octanol–water partition coefficient (Wildman–Crippen LogP) is 2.95. The van der Waals surface area contributed by atoms with E-state index in [1.807, 2.05) is 0 Å². The second-order valence-corrected chi connectivity index (χ2v) is 4.79. The van der Waals surface area contributed by atoms with E-state index < -0.39 is 22.9 Å². The normalized spacial score (nSPS) is 10.5. The molecule has 5 nitrogen and oxygen atoms in total. The molecule has 3 aromatic rings. The third kappa shape index (κ3) is 2.51. The van der Waals surface area contributed by atoms with Crippen molar-refractivity contribution in [1.29, 1.82) is 5.26 Å². The van der Waals surface area contributed by atoms with Crippen LogP contribution in [0.5, 0.6) is 11.5 Å². The van der Waals surface area contributed by atoms with Gasteiger partial charge in [0.25, 0.3) is 5.56 Å². The maximum atomic E-state index is 13.8. The molecule has 0 N–H and O–H groups in total. The highest BCUT2D eigenvalue weighted by molar-refractivity contribution is 5.48. The minimum atomic E-state index is -0.889. The lowest BCUT2D eigenvalue weighted by Crippen LogP contribution is -2.16. The van der Waals surface area contributed by atoms with Crippen molar-refractivity contribution in [3.05, 3.63) is 69.8 Å². The van der Waals surface area contributed by atoms with E-state index in [0.29, 0.717) is 11.2 Å². The number of rotatable bonds is 2. The molecule has 0 aliphatic rings. The van der Waals surface area contributed by atoms with E-state index in [0.717, 1.165) is 12.1 Å². The molecule has 0 saturated carbocycles. The Bertz CT molecular complexity index is 1020. The molecular weight excluding hydrogens is 304 g/mol. The maximum absolute atomic E-state index is 13.8. The third-order valence-corrected chi connectivity index (χ3v) is 3.24. The minimum absolute atomic E-state index is 0.0769. The van der Waals surface area contributed by atoms with Gasteiger partial charge in [0.15, 0.2) is 11.6 Å². The first kappa shape index (κ1) is 14.7. The van der Waals surface area contributed by atoms with E-state index in [1.54, 1.807) is 13.0 Å². The molecule has 0 aliphatic heterocycles. The van der Waals surface area contributed by atoms with Gasteiger partial charge < -0.3 is 4.74 Å². The summed E-state index contributed by atoms with van der Waals surface area (Å²) < 4.78 is 33.9. The molecule has 0 spiro atoms. The highest BCUT2D eigenvalue weighted by atomic mass is 19.1. The number of hydrogen-bond acceptors (Lipinski definition) is 4. The topological polar surface area (TPSA) is 67.4 Å². The molecule has 1 aromatic carbocycles. The van der Waals surface area contributed by atoms with E-state index >= 15 is 0 Å². The zero-order valence-corrected chi connectivity index (χ0v) is 11.9. The number of aromatic nitrogens is 2. The van der Waals surface area contributed by atoms with Gasteiger partial charge in [-0.25, -0.2) is 13.8 Å². The van der Waals surface area contributed by atoms with Gasteiger partial charge in [0.1, 0.15) is 28.8 Å². The van der Waals surface area contributed by atoms with Crippen LogP contribution in [-0.2, 0) is 0 Å². The van der Waals surface area contributed by atoms with Crippen LogP contribution in [-0.4, -0.2) is 9.38 Å². The second kappa shape index (κ2) is 5.50. The minimum Gasteiger partial charge on any atom is -0.451 e. The van der Waals surface area contributed by atoms with Crippen LogP contribution in [0.2, 0.25) is 0 Å². The van der Waals surface area contributed by atoms with Gasteiger partial charge in [-0.05, 0) is 31.2 Å². The predicted molar refractivity (Wildman–Crippen MR) is 77.3 cm³/mol. The molecule has 2 heterocycles. The summed E-state index contributed by atoms with van der Waals surface area (Å²) in [6.45, 7) is 1.61. The smallest absolute Gasteiger partial charge is 0.260 e. The van der Waals surface area contributed by atoms with Crippen LogP contribution in [0, 0.1) is 29.9 Å². The summed E-state index contributed by atoms with van der Waals surface area (Å²) in [6.07, 6.45) is 2.75. The second-order valence-electron chi connectivity index (χ2n) is 4.79. The SMILES string of the molecule is Cc1cnc2ccc(Oc3c(F)ccc(F)c3C#N)cn2c1=O. The van der Waals surface area contributed by atoms with Crippen molar-refractivity contribution in [2.24, 2.45) is 0 Å². The van der Waals surface area contributed by atoms with E-state index in [2.05, 4.69) is 4.98 Å². The third-order valence-electron chi connectivity index (χ3n) is 3.24. The van der Waals surface area contributed by atoms with Crippen LogP contribution in [0.3, 0.4) is 0 Å². The Morgan fingerprint density at radius 2 is 1.96 bits per heavy atom. The lowest BCUT2D eigenvalue weighted by molar-refractivity contribution is 0.432. The first-order valence-electron chi connectivity index (χ1n) is 6.55. The highest BCUT2D eigenvalue weighted by Gasteiger charge is 2.16. The fourth-order valence-corrected chi connectivity index (χ4v) is 2.06. The standard InChI is InChI=1S/C16H9F2N3O2/c1-9-7-20-14-5-2-10(8-21(14)16(9)22)23-15-11(6-19)12(17)3-4-13(15)18/h2-5,7-8H,1H3. The van der Waals surface area contributed by atoms with Crippen molar-refractivity contribution in [1.82, 2.24) is 9.38 Å². The average Bonchev–Trinajstić information content (AvgIpc) is 2.55. The summed E-state index contributed by atoms with van der Waals surface area (Å²) in [6, 6.07) is 6.22. The van der Waals surface area contributed by atoms with Crippen molar-refractivity contribution in [2.45, 2.75) is 6.92 Å². The molecule has 0 atom stereocenters. The number of aryl methyl sites for hydroxylation is 1. The van der Waals surface area contributed by atoms with Crippen molar-refractivity contribution in [2.75, 3.05) is 0 Å². The molecule has 0 radical (unpaired) electrons. The van der Waals surface area contributed by atoms with Crippen molar-refractivity contribution < 1.29 is 13.5 Å². The lowest BCUT2D eigenvalue weighted by Gasteiger charge is -2.10. The Labute approximate surface area is 129 Å². The quantitative estimate of drug-likeness (QED) is 0.729. The number of ether oxygens (including phenoxy) is 1. The van der Waals surface area contributed by atoms with Crippen LogP contribution in [0.25, 0.3) is 5.65 Å². The highest BCUT2D eigenvalue weighted by Crippen LogP contribution is 2.29. The van der Waals surface area contributed by atoms with E-state index in [9.17, 15) is 13.6 Å². The zero-order chi connectivity index (χ0) is 16.6. The maximum Gasteiger partial charge on any atom is 0.260 e. The molecule has 0 aliphatic carbocycles. The van der Waals surface area contributed by atoms with Crippen LogP contribution in [0.1, 0.15) is 11.1 Å². The van der Waals surface area contributed by atoms with E-state index in [1.165, 1.54) is 28.9 Å². The summed E-state index contributed by atoms with van der Waals surface area (Å²) in [5.41, 5.74) is -0.0389. The Balaban J connectivity index is 2.14. The van der Waals surface area contributed by atoms with E-state index in [4.69, 9.17) is 10.00 Å². The molecule has 7 heteroatoms. The Morgan fingerprint density at radius 3 is 2.70 bits per heavy atom. The number of nitriles is 1. The summed E-state index contributed by atoms with van der Waals surface area (Å²) >= 11 is 0.